The Kier molecular flexibility index (Phi) is 5.28. The molecule has 0 unspecified atom stereocenters. The summed E-state index contributed by atoms with van der Waals surface area (Å²) in [6, 6.07) is 5.03. The van der Waals surface area contributed by atoms with Crippen LogP contribution in [0.1, 0.15) is 28.9 Å². The van der Waals surface area contributed by atoms with Crippen LogP contribution in [0.3, 0.4) is 0 Å². The number of nitrogens with two attached hydrogens (primary N) is 1. The number of likely N-dealkylation sites (tertiary alicyclic amines) is 1. The van der Waals surface area contributed by atoms with Gasteiger partial charge in [0.1, 0.15) is 0 Å². The molecule has 146 valence electrons. The predicted molar refractivity (Wildman–Crippen MR) is 95.5 cm³/mol. The summed E-state index contributed by atoms with van der Waals surface area (Å²) in [5, 5.41) is 4.37. The molecule has 1 aromatic carbocycles. The number of nitrogens with zero attached hydrogens (tertiary/aromatic N) is 3. The van der Waals surface area contributed by atoms with Crippen molar-refractivity contribution < 1.29 is 18.0 Å². The van der Waals surface area contributed by atoms with Crippen LogP contribution in [-0.4, -0.2) is 40.2 Å². The van der Waals surface area contributed by atoms with Gasteiger partial charge in [-0.25, -0.2) is 4.68 Å². The van der Waals surface area contributed by atoms with E-state index in [1.807, 2.05) is 0 Å². The smallest absolute Gasteiger partial charge is 0.342 e. The molecule has 1 aliphatic rings. The molecule has 0 spiro atoms. The molecule has 1 amide bonds. The van der Waals surface area contributed by atoms with Crippen LogP contribution in [-0.2, 0) is 17.4 Å². The average molecular weight is 380 g/mol. The Morgan fingerprint density at radius 3 is 2.70 bits per heavy atom. The van der Waals surface area contributed by atoms with Gasteiger partial charge < -0.3 is 10.6 Å². The van der Waals surface area contributed by atoms with Crippen LogP contribution >= 0.6 is 0 Å². The van der Waals surface area contributed by atoms with Crippen molar-refractivity contribution in [2.24, 2.45) is 11.7 Å². The molecule has 1 aliphatic heterocycles. The van der Waals surface area contributed by atoms with Crippen molar-refractivity contribution in [2.75, 3.05) is 19.6 Å². The number of carbonyl (C=O) groups excluding carboxylic acids is 1. The monoisotopic (exact) mass is 380 g/mol. The third kappa shape index (κ3) is 4.00. The zero-order valence-corrected chi connectivity index (χ0v) is 15.4. The molecular weight excluding hydrogens is 357 g/mol. The SMILES string of the molecule is Cc1nn(-c2cccc(C(F)(F)F)c2)c(C)c1CC(=O)N1CC[C@H](CN)C1. The van der Waals surface area contributed by atoms with Gasteiger partial charge in [-0.05, 0) is 50.9 Å². The molecule has 0 bridgehead atoms. The molecule has 27 heavy (non-hydrogen) atoms. The van der Waals surface area contributed by atoms with E-state index in [0.717, 1.165) is 24.1 Å². The van der Waals surface area contributed by atoms with E-state index < -0.39 is 11.7 Å². The van der Waals surface area contributed by atoms with Crippen LogP contribution in [0, 0.1) is 19.8 Å². The summed E-state index contributed by atoms with van der Waals surface area (Å²) in [4.78, 5) is 14.4. The van der Waals surface area contributed by atoms with Crippen LogP contribution in [0.2, 0.25) is 0 Å². The lowest BCUT2D eigenvalue weighted by Crippen LogP contribution is -2.31. The third-order valence-corrected chi connectivity index (χ3v) is 5.16. The first kappa shape index (κ1) is 19.4. The number of hydrogen-bond acceptors (Lipinski definition) is 3. The van der Waals surface area contributed by atoms with Crippen LogP contribution in [0.4, 0.5) is 13.2 Å². The number of aryl methyl sites for hydroxylation is 1. The highest BCUT2D eigenvalue weighted by atomic mass is 19.4. The lowest BCUT2D eigenvalue weighted by molar-refractivity contribution is -0.137. The summed E-state index contributed by atoms with van der Waals surface area (Å²) in [5.74, 6) is 0.338. The highest BCUT2D eigenvalue weighted by Gasteiger charge is 2.31. The molecular formula is C19H23F3N4O. The van der Waals surface area contributed by atoms with Gasteiger partial charge in [0.2, 0.25) is 5.91 Å². The number of benzene rings is 1. The van der Waals surface area contributed by atoms with Gasteiger partial charge >= 0.3 is 6.18 Å². The fraction of sp³-hybridized carbons (Fsp3) is 0.474. The van der Waals surface area contributed by atoms with E-state index in [1.54, 1.807) is 24.8 Å². The molecule has 0 saturated carbocycles. The summed E-state index contributed by atoms with van der Waals surface area (Å²) in [5.41, 5.74) is 7.36. The lowest BCUT2D eigenvalue weighted by atomic mass is 10.1. The Bertz CT molecular complexity index is 844. The number of carbonyl (C=O) groups is 1. The number of aromatic nitrogens is 2. The molecule has 1 atom stereocenters. The topological polar surface area (TPSA) is 64.2 Å². The quantitative estimate of drug-likeness (QED) is 0.887. The summed E-state index contributed by atoms with van der Waals surface area (Å²) in [6.07, 6.45) is -3.32. The van der Waals surface area contributed by atoms with E-state index in [1.165, 1.54) is 10.7 Å². The van der Waals surface area contributed by atoms with E-state index >= 15 is 0 Å². The lowest BCUT2D eigenvalue weighted by Gasteiger charge is -2.16. The van der Waals surface area contributed by atoms with E-state index in [4.69, 9.17) is 5.73 Å². The van der Waals surface area contributed by atoms with Gasteiger partial charge in [0.15, 0.2) is 0 Å². The summed E-state index contributed by atoms with van der Waals surface area (Å²) < 4.78 is 40.4. The molecule has 0 aliphatic carbocycles. The Balaban J connectivity index is 1.84. The van der Waals surface area contributed by atoms with Crippen LogP contribution in [0.5, 0.6) is 0 Å². The number of hydrogen-bond donors (Lipinski definition) is 1. The van der Waals surface area contributed by atoms with Gasteiger partial charge in [-0.2, -0.15) is 18.3 Å². The highest BCUT2D eigenvalue weighted by Crippen LogP contribution is 2.31. The second-order valence-electron chi connectivity index (χ2n) is 7.02. The summed E-state index contributed by atoms with van der Waals surface area (Å²) in [6.45, 7) is 5.47. The largest absolute Gasteiger partial charge is 0.416 e. The number of alkyl halides is 3. The average Bonchev–Trinajstić information content (AvgIpc) is 3.21. The zero-order valence-electron chi connectivity index (χ0n) is 15.4. The minimum absolute atomic E-state index is 0.000687. The normalized spacial score (nSPS) is 17.6. The molecule has 0 radical (unpaired) electrons. The van der Waals surface area contributed by atoms with Crippen molar-refractivity contribution >= 4 is 5.91 Å². The summed E-state index contributed by atoms with van der Waals surface area (Å²) in [7, 11) is 0. The Hall–Kier alpha value is -2.35. The van der Waals surface area contributed by atoms with E-state index in [2.05, 4.69) is 5.10 Å². The van der Waals surface area contributed by atoms with Crippen LogP contribution in [0.25, 0.3) is 5.69 Å². The number of amides is 1. The van der Waals surface area contributed by atoms with Crippen molar-refractivity contribution in [3.8, 4) is 5.69 Å². The predicted octanol–water partition coefficient (Wildman–Crippen LogP) is 2.86. The Labute approximate surface area is 155 Å². The van der Waals surface area contributed by atoms with Gasteiger partial charge in [0.05, 0.1) is 23.4 Å². The highest BCUT2D eigenvalue weighted by molar-refractivity contribution is 5.79. The first-order valence-electron chi connectivity index (χ1n) is 8.91. The number of rotatable bonds is 4. The fourth-order valence-electron chi connectivity index (χ4n) is 3.51. The second kappa shape index (κ2) is 7.34. The van der Waals surface area contributed by atoms with Crippen molar-refractivity contribution in [3.63, 3.8) is 0 Å². The van der Waals surface area contributed by atoms with Crippen molar-refractivity contribution in [2.45, 2.75) is 32.9 Å². The molecule has 2 heterocycles. The van der Waals surface area contributed by atoms with E-state index in [-0.39, 0.29) is 12.3 Å². The van der Waals surface area contributed by atoms with Gasteiger partial charge in [-0.3, -0.25) is 4.79 Å². The third-order valence-electron chi connectivity index (χ3n) is 5.16. The van der Waals surface area contributed by atoms with E-state index in [9.17, 15) is 18.0 Å². The van der Waals surface area contributed by atoms with Gasteiger partial charge in [0, 0.05) is 24.3 Å². The zero-order chi connectivity index (χ0) is 19.8. The first-order chi connectivity index (χ1) is 12.7. The molecule has 1 saturated heterocycles. The van der Waals surface area contributed by atoms with Gasteiger partial charge in [-0.15, -0.1) is 0 Å². The molecule has 2 aromatic rings. The Morgan fingerprint density at radius 1 is 1.33 bits per heavy atom. The Morgan fingerprint density at radius 2 is 2.07 bits per heavy atom. The van der Waals surface area contributed by atoms with Gasteiger partial charge in [0.25, 0.3) is 0 Å². The van der Waals surface area contributed by atoms with Crippen LogP contribution in [0.15, 0.2) is 24.3 Å². The second-order valence-corrected chi connectivity index (χ2v) is 7.02. The molecule has 3 rings (SSSR count). The molecule has 5 nitrogen and oxygen atoms in total. The van der Waals surface area contributed by atoms with Crippen molar-refractivity contribution in [1.82, 2.24) is 14.7 Å². The first-order valence-corrected chi connectivity index (χ1v) is 8.91. The molecule has 8 heteroatoms. The van der Waals surface area contributed by atoms with Crippen molar-refractivity contribution in [1.29, 1.82) is 0 Å². The molecule has 1 fully saturated rings. The maximum atomic E-state index is 13.0. The fourth-order valence-corrected chi connectivity index (χ4v) is 3.51. The molecule has 2 N–H and O–H groups in total. The molecule has 1 aromatic heterocycles. The van der Waals surface area contributed by atoms with E-state index in [0.29, 0.717) is 42.6 Å². The number of halogens is 3. The standard InChI is InChI=1S/C19H23F3N4O/c1-12-17(9-18(27)25-7-6-14(10-23)11-25)13(2)26(24-12)16-5-3-4-15(8-16)19(20,21)22/h3-5,8,14H,6-7,9-11,23H2,1-2H3/t14-/m1/s1. The summed E-state index contributed by atoms with van der Waals surface area (Å²) >= 11 is 0. The maximum absolute atomic E-state index is 13.0. The minimum atomic E-state index is -4.42. The van der Waals surface area contributed by atoms with Gasteiger partial charge in [-0.1, -0.05) is 6.07 Å². The maximum Gasteiger partial charge on any atom is 0.416 e. The minimum Gasteiger partial charge on any atom is -0.342 e. The van der Waals surface area contributed by atoms with Crippen molar-refractivity contribution in [3.05, 3.63) is 46.8 Å². The van der Waals surface area contributed by atoms with Crippen LogP contribution < -0.4 is 5.73 Å².